The van der Waals surface area contributed by atoms with E-state index in [9.17, 15) is 5.11 Å². The largest absolute Gasteiger partial charge is 0.490 e. The van der Waals surface area contributed by atoms with Crippen molar-refractivity contribution in [1.82, 2.24) is 0 Å². The number of rotatable bonds is 3. The molecule has 1 atom stereocenters. The van der Waals surface area contributed by atoms with Crippen molar-refractivity contribution in [3.05, 3.63) is 42.0 Å². The summed E-state index contributed by atoms with van der Waals surface area (Å²) >= 11 is 0. The first kappa shape index (κ1) is 10.2. The van der Waals surface area contributed by atoms with Crippen LogP contribution in [0.3, 0.4) is 0 Å². The maximum Gasteiger partial charge on any atom is 0.120 e. The molecule has 2 heteroatoms. The Morgan fingerprint density at radius 3 is 3.20 bits per heavy atom. The van der Waals surface area contributed by atoms with Gasteiger partial charge in [0.25, 0.3) is 0 Å². The Bertz CT molecular complexity index is 358. The number of hydrogen-bond acceptors (Lipinski definition) is 2. The van der Waals surface area contributed by atoms with E-state index in [1.54, 1.807) is 6.08 Å². The van der Waals surface area contributed by atoms with Crippen LogP contribution in [0.25, 0.3) is 0 Å². The van der Waals surface area contributed by atoms with Gasteiger partial charge in [-0.05, 0) is 42.5 Å². The van der Waals surface area contributed by atoms with Gasteiger partial charge in [-0.1, -0.05) is 18.7 Å². The Hall–Kier alpha value is -1.28. The standard InChI is InChI=1S/C13H16O2/c1-2-8-15-11-7-6-10-4-3-5-13(14)12(10)9-11/h2,6-7,9,13-14H,1,3-5,8H2/t13-/m0/s1. The summed E-state index contributed by atoms with van der Waals surface area (Å²) in [5.41, 5.74) is 2.28. The molecule has 0 bridgehead atoms. The van der Waals surface area contributed by atoms with Gasteiger partial charge in [-0.25, -0.2) is 0 Å². The van der Waals surface area contributed by atoms with E-state index in [1.165, 1.54) is 5.56 Å². The van der Waals surface area contributed by atoms with E-state index in [4.69, 9.17) is 4.74 Å². The number of aryl methyl sites for hydroxylation is 1. The zero-order chi connectivity index (χ0) is 10.7. The van der Waals surface area contributed by atoms with Crippen LogP contribution in [0.2, 0.25) is 0 Å². The Balaban J connectivity index is 2.23. The van der Waals surface area contributed by atoms with Gasteiger partial charge in [-0.3, -0.25) is 0 Å². The van der Waals surface area contributed by atoms with Crippen molar-refractivity contribution in [1.29, 1.82) is 0 Å². The van der Waals surface area contributed by atoms with Crippen LogP contribution in [0.5, 0.6) is 5.75 Å². The highest BCUT2D eigenvalue weighted by Gasteiger charge is 2.18. The Morgan fingerprint density at radius 1 is 1.53 bits per heavy atom. The van der Waals surface area contributed by atoms with E-state index >= 15 is 0 Å². The van der Waals surface area contributed by atoms with E-state index in [0.29, 0.717) is 6.61 Å². The minimum Gasteiger partial charge on any atom is -0.490 e. The van der Waals surface area contributed by atoms with Gasteiger partial charge in [0, 0.05) is 0 Å². The summed E-state index contributed by atoms with van der Waals surface area (Å²) < 4.78 is 5.44. The van der Waals surface area contributed by atoms with Gasteiger partial charge in [0.2, 0.25) is 0 Å². The molecule has 2 rings (SSSR count). The smallest absolute Gasteiger partial charge is 0.120 e. The third-order valence-electron chi connectivity index (χ3n) is 2.77. The molecule has 1 N–H and O–H groups in total. The lowest BCUT2D eigenvalue weighted by Gasteiger charge is -2.21. The zero-order valence-corrected chi connectivity index (χ0v) is 8.78. The average molecular weight is 204 g/mol. The number of hydrogen-bond donors (Lipinski definition) is 1. The fourth-order valence-corrected chi connectivity index (χ4v) is 2.00. The normalized spacial score (nSPS) is 19.4. The minimum atomic E-state index is -0.318. The lowest BCUT2D eigenvalue weighted by atomic mass is 9.89. The topological polar surface area (TPSA) is 29.5 Å². The SMILES string of the molecule is C=CCOc1ccc2c(c1)[C@@H](O)CCC2. The third-order valence-corrected chi connectivity index (χ3v) is 2.77. The van der Waals surface area contributed by atoms with Crippen molar-refractivity contribution in [2.75, 3.05) is 6.61 Å². The van der Waals surface area contributed by atoms with Gasteiger partial charge in [-0.2, -0.15) is 0 Å². The minimum absolute atomic E-state index is 0.318. The van der Waals surface area contributed by atoms with E-state index < -0.39 is 0 Å². The van der Waals surface area contributed by atoms with Crippen LogP contribution in [0.4, 0.5) is 0 Å². The van der Waals surface area contributed by atoms with Crippen LogP contribution in [0.15, 0.2) is 30.9 Å². The summed E-state index contributed by atoms with van der Waals surface area (Å²) in [6.07, 6.45) is 4.39. The lowest BCUT2D eigenvalue weighted by molar-refractivity contribution is 0.156. The molecule has 1 aliphatic rings. The first-order chi connectivity index (χ1) is 7.31. The van der Waals surface area contributed by atoms with E-state index in [-0.39, 0.29) is 6.10 Å². The van der Waals surface area contributed by atoms with Gasteiger partial charge < -0.3 is 9.84 Å². The van der Waals surface area contributed by atoms with Gasteiger partial charge in [0.1, 0.15) is 12.4 Å². The fraction of sp³-hybridized carbons (Fsp3) is 0.385. The molecule has 0 amide bonds. The van der Waals surface area contributed by atoms with Crippen LogP contribution >= 0.6 is 0 Å². The summed E-state index contributed by atoms with van der Waals surface area (Å²) in [4.78, 5) is 0. The van der Waals surface area contributed by atoms with Crippen LogP contribution < -0.4 is 4.74 Å². The number of benzene rings is 1. The molecule has 0 spiro atoms. The third kappa shape index (κ3) is 2.21. The van der Waals surface area contributed by atoms with Crippen molar-refractivity contribution in [2.24, 2.45) is 0 Å². The van der Waals surface area contributed by atoms with Gasteiger partial charge in [0.15, 0.2) is 0 Å². The molecule has 15 heavy (non-hydrogen) atoms. The molecule has 0 unspecified atom stereocenters. The second-order valence-electron chi connectivity index (χ2n) is 3.87. The molecular formula is C13H16O2. The fourth-order valence-electron chi connectivity index (χ4n) is 2.00. The number of aliphatic hydroxyl groups is 1. The predicted octanol–water partition coefficient (Wildman–Crippen LogP) is 2.62. The second kappa shape index (κ2) is 4.49. The monoisotopic (exact) mass is 204 g/mol. The quantitative estimate of drug-likeness (QED) is 0.767. The highest BCUT2D eigenvalue weighted by molar-refractivity contribution is 5.38. The summed E-state index contributed by atoms with van der Waals surface area (Å²) in [5, 5.41) is 9.84. The molecule has 1 aromatic carbocycles. The predicted molar refractivity (Wildman–Crippen MR) is 60.0 cm³/mol. The van der Waals surface area contributed by atoms with Crippen molar-refractivity contribution < 1.29 is 9.84 Å². The Labute approximate surface area is 90.2 Å². The van der Waals surface area contributed by atoms with Crippen molar-refractivity contribution in [3.8, 4) is 5.75 Å². The number of aliphatic hydroxyl groups excluding tert-OH is 1. The first-order valence-corrected chi connectivity index (χ1v) is 5.36. The summed E-state index contributed by atoms with van der Waals surface area (Å²) in [6.45, 7) is 4.11. The lowest BCUT2D eigenvalue weighted by Crippen LogP contribution is -2.09. The summed E-state index contributed by atoms with van der Waals surface area (Å²) in [6, 6.07) is 5.96. The van der Waals surface area contributed by atoms with Crippen LogP contribution in [-0.2, 0) is 6.42 Å². The van der Waals surface area contributed by atoms with Crippen molar-refractivity contribution >= 4 is 0 Å². The van der Waals surface area contributed by atoms with Crippen LogP contribution in [0, 0.1) is 0 Å². The molecule has 1 aromatic rings. The number of fused-ring (bicyclic) bond motifs is 1. The van der Waals surface area contributed by atoms with Gasteiger partial charge in [-0.15, -0.1) is 0 Å². The first-order valence-electron chi connectivity index (χ1n) is 5.36. The highest BCUT2D eigenvalue weighted by atomic mass is 16.5. The highest BCUT2D eigenvalue weighted by Crippen LogP contribution is 2.32. The van der Waals surface area contributed by atoms with Gasteiger partial charge in [0.05, 0.1) is 6.10 Å². The molecule has 0 heterocycles. The Kier molecular flexibility index (Phi) is 3.07. The molecule has 2 nitrogen and oxygen atoms in total. The molecule has 80 valence electrons. The van der Waals surface area contributed by atoms with Crippen molar-refractivity contribution in [2.45, 2.75) is 25.4 Å². The molecule has 0 saturated heterocycles. The average Bonchev–Trinajstić information content (AvgIpc) is 2.27. The summed E-state index contributed by atoms with van der Waals surface area (Å²) in [7, 11) is 0. The molecule has 0 aromatic heterocycles. The molecule has 0 radical (unpaired) electrons. The number of ether oxygens (including phenoxy) is 1. The zero-order valence-electron chi connectivity index (χ0n) is 8.78. The molecule has 0 saturated carbocycles. The maximum atomic E-state index is 9.84. The van der Waals surface area contributed by atoms with Crippen molar-refractivity contribution in [3.63, 3.8) is 0 Å². The molecule has 1 aliphatic carbocycles. The van der Waals surface area contributed by atoms with Crippen LogP contribution in [0.1, 0.15) is 30.1 Å². The van der Waals surface area contributed by atoms with Crippen LogP contribution in [-0.4, -0.2) is 11.7 Å². The van der Waals surface area contributed by atoms with E-state index in [2.05, 4.69) is 12.6 Å². The van der Waals surface area contributed by atoms with E-state index in [1.807, 2.05) is 12.1 Å². The second-order valence-corrected chi connectivity index (χ2v) is 3.87. The summed E-state index contributed by atoms with van der Waals surface area (Å²) in [5.74, 6) is 0.814. The molecule has 0 aliphatic heterocycles. The van der Waals surface area contributed by atoms with Gasteiger partial charge >= 0.3 is 0 Å². The maximum absolute atomic E-state index is 9.84. The Morgan fingerprint density at radius 2 is 2.40 bits per heavy atom. The molecule has 0 fully saturated rings. The molecular weight excluding hydrogens is 188 g/mol. The van der Waals surface area contributed by atoms with E-state index in [0.717, 1.165) is 30.6 Å².